The molecule has 1 heterocycles. The quantitative estimate of drug-likeness (QED) is 0.300. The number of nitrogens with one attached hydrogen (secondary N) is 4. The van der Waals surface area contributed by atoms with Crippen LogP contribution >= 0.6 is 0 Å². The Labute approximate surface area is 113 Å². The van der Waals surface area contributed by atoms with E-state index < -0.39 is 12.3 Å². The van der Waals surface area contributed by atoms with Crippen molar-refractivity contribution in [3.05, 3.63) is 11.3 Å². The second-order valence-corrected chi connectivity index (χ2v) is 4.74. The zero-order valence-corrected chi connectivity index (χ0v) is 11.7. The lowest BCUT2D eigenvalue weighted by Gasteiger charge is -2.16. The molecule has 19 heavy (non-hydrogen) atoms. The molecule has 3 atom stereocenters. The zero-order chi connectivity index (χ0) is 14.4. The Kier molecular flexibility index (Phi) is 6.07. The highest BCUT2D eigenvalue weighted by atomic mass is 16.3. The van der Waals surface area contributed by atoms with E-state index in [1.165, 1.54) is 0 Å². The molecule has 0 aromatic carbocycles. The highest BCUT2D eigenvalue weighted by Crippen LogP contribution is 2.20. The number of aliphatic hydroxyl groups excluding tert-OH is 2. The van der Waals surface area contributed by atoms with Crippen LogP contribution in [-0.4, -0.2) is 41.2 Å². The van der Waals surface area contributed by atoms with Crippen LogP contribution in [0.3, 0.4) is 0 Å². The van der Waals surface area contributed by atoms with Crippen LogP contribution in [0.2, 0.25) is 0 Å². The number of unbranched alkanes of at least 4 members (excludes halogenated alkanes) is 1. The molecule has 0 bridgehead atoms. The predicted octanol–water partition coefficient (Wildman–Crippen LogP) is -0.465. The number of carbonyl (C=O) groups is 1. The lowest BCUT2D eigenvalue weighted by Crippen LogP contribution is -2.44. The second kappa shape index (κ2) is 7.32. The number of hydrazine groups is 1. The maximum atomic E-state index is 11.4. The summed E-state index contributed by atoms with van der Waals surface area (Å²) < 4.78 is 0. The van der Waals surface area contributed by atoms with Gasteiger partial charge in [-0.2, -0.15) is 0 Å². The minimum absolute atomic E-state index is 0.222. The van der Waals surface area contributed by atoms with Gasteiger partial charge >= 0.3 is 6.03 Å². The van der Waals surface area contributed by atoms with Crippen molar-refractivity contribution >= 4 is 6.03 Å². The summed E-state index contributed by atoms with van der Waals surface area (Å²) in [5, 5.41) is 25.1. The molecule has 2 amide bonds. The largest absolute Gasteiger partial charge is 0.387 e. The minimum atomic E-state index is -0.901. The predicted molar refractivity (Wildman–Crippen MR) is 71.9 cm³/mol. The standard InChI is InChI=1S/C12H24N4O3/c1-4-5-6-13-12(19)16-15-7(2)9-10(17)8(3)14-11(9)18/h8,10-11,14-15,17-18H,4-6H2,1-3H3,(H2,13,16,19)/b9-7-. The van der Waals surface area contributed by atoms with Crippen LogP contribution in [0.1, 0.15) is 33.6 Å². The summed E-state index contributed by atoms with van der Waals surface area (Å²) in [7, 11) is 0. The summed E-state index contributed by atoms with van der Waals surface area (Å²) in [4.78, 5) is 11.4. The lowest BCUT2D eigenvalue weighted by atomic mass is 10.1. The van der Waals surface area contributed by atoms with Gasteiger partial charge in [0.15, 0.2) is 0 Å². The van der Waals surface area contributed by atoms with Crippen molar-refractivity contribution in [1.82, 2.24) is 21.5 Å². The van der Waals surface area contributed by atoms with E-state index in [-0.39, 0.29) is 12.1 Å². The van der Waals surface area contributed by atoms with Gasteiger partial charge in [0.2, 0.25) is 0 Å². The highest BCUT2D eigenvalue weighted by Gasteiger charge is 2.34. The summed E-state index contributed by atoms with van der Waals surface area (Å²) in [6, 6.07) is -0.559. The zero-order valence-electron chi connectivity index (χ0n) is 11.7. The van der Waals surface area contributed by atoms with Gasteiger partial charge < -0.3 is 21.0 Å². The molecule has 0 saturated carbocycles. The fourth-order valence-corrected chi connectivity index (χ4v) is 1.93. The van der Waals surface area contributed by atoms with Crippen molar-refractivity contribution in [3.8, 4) is 0 Å². The third-order valence-electron chi connectivity index (χ3n) is 3.12. The smallest absolute Gasteiger partial charge is 0.333 e. The van der Waals surface area contributed by atoms with Crippen LogP contribution in [0.25, 0.3) is 0 Å². The summed E-state index contributed by atoms with van der Waals surface area (Å²) in [5.74, 6) is 0. The monoisotopic (exact) mass is 272 g/mol. The molecule has 110 valence electrons. The van der Waals surface area contributed by atoms with Crippen molar-refractivity contribution in [2.45, 2.75) is 52.0 Å². The fourth-order valence-electron chi connectivity index (χ4n) is 1.93. The van der Waals surface area contributed by atoms with Gasteiger partial charge in [-0.1, -0.05) is 13.3 Å². The van der Waals surface area contributed by atoms with E-state index in [0.29, 0.717) is 17.8 Å². The van der Waals surface area contributed by atoms with Crippen LogP contribution in [-0.2, 0) is 0 Å². The van der Waals surface area contributed by atoms with Gasteiger partial charge in [0.05, 0.1) is 6.10 Å². The Morgan fingerprint density at radius 2 is 2.05 bits per heavy atom. The molecule has 1 saturated heterocycles. The minimum Gasteiger partial charge on any atom is -0.387 e. The molecule has 7 nitrogen and oxygen atoms in total. The van der Waals surface area contributed by atoms with Crippen LogP contribution in [0.15, 0.2) is 11.3 Å². The molecule has 0 spiro atoms. The summed E-state index contributed by atoms with van der Waals surface area (Å²) in [5.41, 5.74) is 6.13. The maximum Gasteiger partial charge on any atom is 0.333 e. The molecule has 0 aromatic heterocycles. The third-order valence-corrected chi connectivity index (χ3v) is 3.12. The Balaban J connectivity index is 2.46. The second-order valence-electron chi connectivity index (χ2n) is 4.74. The first kappa shape index (κ1) is 15.7. The first-order valence-corrected chi connectivity index (χ1v) is 6.60. The topological polar surface area (TPSA) is 106 Å². The number of aliphatic hydroxyl groups is 2. The first-order valence-electron chi connectivity index (χ1n) is 6.60. The van der Waals surface area contributed by atoms with Crippen LogP contribution in [0.4, 0.5) is 4.79 Å². The van der Waals surface area contributed by atoms with Gasteiger partial charge in [-0.25, -0.2) is 4.79 Å². The first-order chi connectivity index (χ1) is 8.97. The van der Waals surface area contributed by atoms with Crippen molar-refractivity contribution in [2.24, 2.45) is 0 Å². The molecule has 6 N–H and O–H groups in total. The number of hydrogen-bond acceptors (Lipinski definition) is 5. The number of hydrogen-bond donors (Lipinski definition) is 6. The van der Waals surface area contributed by atoms with E-state index in [0.717, 1.165) is 12.8 Å². The summed E-state index contributed by atoms with van der Waals surface area (Å²) in [6.45, 7) is 6.12. The molecule has 7 heteroatoms. The molecule has 1 rings (SSSR count). The Morgan fingerprint density at radius 3 is 2.58 bits per heavy atom. The fraction of sp³-hybridized carbons (Fsp3) is 0.750. The van der Waals surface area contributed by atoms with E-state index in [1.807, 2.05) is 6.92 Å². The molecule has 0 aliphatic carbocycles. The van der Waals surface area contributed by atoms with Gasteiger partial charge in [0, 0.05) is 23.9 Å². The molecular formula is C12H24N4O3. The van der Waals surface area contributed by atoms with E-state index in [2.05, 4.69) is 21.5 Å². The van der Waals surface area contributed by atoms with E-state index in [9.17, 15) is 15.0 Å². The van der Waals surface area contributed by atoms with Gasteiger partial charge in [-0.3, -0.25) is 10.7 Å². The van der Waals surface area contributed by atoms with Crippen molar-refractivity contribution in [1.29, 1.82) is 0 Å². The number of allylic oxidation sites excluding steroid dienone is 1. The van der Waals surface area contributed by atoms with Crippen LogP contribution in [0, 0.1) is 0 Å². The molecule has 0 aromatic rings. The van der Waals surface area contributed by atoms with Crippen LogP contribution < -0.4 is 21.5 Å². The van der Waals surface area contributed by atoms with Crippen molar-refractivity contribution in [3.63, 3.8) is 0 Å². The van der Waals surface area contributed by atoms with Gasteiger partial charge in [-0.15, -0.1) is 0 Å². The average Bonchev–Trinajstić information content (AvgIpc) is 2.61. The van der Waals surface area contributed by atoms with Crippen LogP contribution in [0.5, 0.6) is 0 Å². The molecule has 0 radical (unpaired) electrons. The third kappa shape index (κ3) is 4.38. The molecule has 3 unspecified atom stereocenters. The van der Waals surface area contributed by atoms with E-state index in [4.69, 9.17) is 0 Å². The van der Waals surface area contributed by atoms with Crippen molar-refractivity contribution in [2.75, 3.05) is 6.54 Å². The van der Waals surface area contributed by atoms with Gasteiger partial charge in [0.25, 0.3) is 0 Å². The van der Waals surface area contributed by atoms with Crippen molar-refractivity contribution < 1.29 is 15.0 Å². The molecular weight excluding hydrogens is 248 g/mol. The van der Waals surface area contributed by atoms with E-state index >= 15 is 0 Å². The summed E-state index contributed by atoms with van der Waals surface area (Å²) in [6.07, 6.45) is 0.264. The lowest BCUT2D eigenvalue weighted by molar-refractivity contribution is 0.184. The number of urea groups is 1. The van der Waals surface area contributed by atoms with Gasteiger partial charge in [-0.05, 0) is 20.3 Å². The number of amides is 2. The Hall–Kier alpha value is -1.31. The average molecular weight is 272 g/mol. The SMILES string of the molecule is CCCCNC(=O)NN/C(C)=C1\C(O)NC(C)C1O. The summed E-state index contributed by atoms with van der Waals surface area (Å²) >= 11 is 0. The molecule has 1 aliphatic heterocycles. The Morgan fingerprint density at radius 1 is 1.37 bits per heavy atom. The number of rotatable bonds is 5. The molecule has 1 aliphatic rings. The Bertz CT molecular complexity index is 346. The highest BCUT2D eigenvalue weighted by molar-refractivity contribution is 5.73. The molecule has 1 fully saturated rings. The van der Waals surface area contributed by atoms with E-state index in [1.54, 1.807) is 13.8 Å². The maximum absolute atomic E-state index is 11.4. The number of carbonyl (C=O) groups excluding carboxylic acids is 1. The van der Waals surface area contributed by atoms with Gasteiger partial charge in [0.1, 0.15) is 6.23 Å². The normalized spacial score (nSPS) is 29.0.